The second-order valence-corrected chi connectivity index (χ2v) is 4.02. The molecule has 1 aromatic carbocycles. The van der Waals surface area contributed by atoms with E-state index in [2.05, 4.69) is 5.32 Å². The molecule has 0 radical (unpaired) electrons. The van der Waals surface area contributed by atoms with Crippen LogP contribution in [0.3, 0.4) is 0 Å². The molecule has 0 spiro atoms. The fourth-order valence-electron chi connectivity index (χ4n) is 1.79. The van der Waals surface area contributed by atoms with Crippen LogP contribution >= 0.6 is 0 Å². The summed E-state index contributed by atoms with van der Waals surface area (Å²) in [6, 6.07) is 8.49. The fourth-order valence-corrected chi connectivity index (χ4v) is 1.79. The number of hydrogen-bond acceptors (Lipinski definition) is 2. The molecular formula is C13H16FN3. The quantitative estimate of drug-likeness (QED) is 0.850. The number of rotatable bonds is 4. The zero-order valence-electron chi connectivity index (χ0n) is 9.78. The molecule has 0 atom stereocenters. The van der Waals surface area contributed by atoms with E-state index in [1.54, 1.807) is 6.07 Å². The van der Waals surface area contributed by atoms with Crippen LogP contribution in [0.15, 0.2) is 36.5 Å². The van der Waals surface area contributed by atoms with Crippen molar-refractivity contribution in [2.45, 2.75) is 13.1 Å². The third-order valence-electron chi connectivity index (χ3n) is 2.69. The molecule has 2 aromatic rings. The molecule has 0 saturated heterocycles. The smallest absolute Gasteiger partial charge is 0.125 e. The minimum absolute atomic E-state index is 0.231. The van der Waals surface area contributed by atoms with Gasteiger partial charge in [-0.2, -0.15) is 0 Å². The molecule has 4 heteroatoms. The molecule has 0 fully saturated rings. The van der Waals surface area contributed by atoms with E-state index in [9.17, 15) is 4.39 Å². The number of nitrogens with zero attached hydrogens (tertiary/aromatic N) is 1. The highest BCUT2D eigenvalue weighted by Gasteiger charge is 2.01. The number of aryl methyl sites for hydroxylation is 1. The lowest BCUT2D eigenvalue weighted by Gasteiger charge is -2.04. The van der Waals surface area contributed by atoms with E-state index in [1.807, 2.05) is 29.9 Å². The Hall–Kier alpha value is -1.81. The Kier molecular flexibility index (Phi) is 3.44. The largest absolute Gasteiger partial charge is 0.381 e. The predicted octanol–water partition coefficient (Wildman–Crippen LogP) is 2.23. The first kappa shape index (κ1) is 11.7. The van der Waals surface area contributed by atoms with Gasteiger partial charge in [0.25, 0.3) is 0 Å². The standard InChI is InChI=1S/C13H16FN3/c1-17-9-10(5-13(17)7-15)8-16-12-4-2-3-11(14)6-12/h2-6,9,16H,7-8,15H2,1H3. The van der Waals surface area contributed by atoms with Crippen LogP contribution in [0, 0.1) is 5.82 Å². The van der Waals surface area contributed by atoms with Gasteiger partial charge < -0.3 is 15.6 Å². The minimum atomic E-state index is -0.231. The first-order chi connectivity index (χ1) is 8.19. The third-order valence-corrected chi connectivity index (χ3v) is 2.69. The molecule has 3 nitrogen and oxygen atoms in total. The Labute approximate surface area is 100 Å². The van der Waals surface area contributed by atoms with Crippen molar-refractivity contribution in [3.63, 3.8) is 0 Å². The van der Waals surface area contributed by atoms with Crippen molar-refractivity contribution in [2.75, 3.05) is 5.32 Å². The van der Waals surface area contributed by atoms with Gasteiger partial charge >= 0.3 is 0 Å². The van der Waals surface area contributed by atoms with Crippen LogP contribution in [0.1, 0.15) is 11.3 Å². The summed E-state index contributed by atoms with van der Waals surface area (Å²) in [6.07, 6.45) is 2.02. The van der Waals surface area contributed by atoms with Gasteiger partial charge in [-0.05, 0) is 29.8 Å². The Morgan fingerprint density at radius 3 is 2.82 bits per heavy atom. The topological polar surface area (TPSA) is 43.0 Å². The van der Waals surface area contributed by atoms with Gasteiger partial charge in [0.15, 0.2) is 0 Å². The molecule has 0 aliphatic carbocycles. The van der Waals surface area contributed by atoms with Crippen molar-refractivity contribution in [3.05, 3.63) is 53.6 Å². The summed E-state index contributed by atoms with van der Waals surface area (Å²) in [7, 11) is 1.97. The van der Waals surface area contributed by atoms with Crippen molar-refractivity contribution in [1.29, 1.82) is 0 Å². The van der Waals surface area contributed by atoms with Gasteiger partial charge in [-0.25, -0.2) is 4.39 Å². The van der Waals surface area contributed by atoms with E-state index in [1.165, 1.54) is 12.1 Å². The monoisotopic (exact) mass is 233 g/mol. The van der Waals surface area contributed by atoms with Gasteiger partial charge in [-0.15, -0.1) is 0 Å². The van der Waals surface area contributed by atoms with Gasteiger partial charge in [-0.3, -0.25) is 0 Å². The molecule has 2 rings (SSSR count). The van der Waals surface area contributed by atoms with Crippen molar-refractivity contribution in [1.82, 2.24) is 4.57 Å². The molecule has 1 heterocycles. The van der Waals surface area contributed by atoms with Gasteiger partial charge in [0, 0.05) is 37.7 Å². The number of hydrogen-bond donors (Lipinski definition) is 2. The summed E-state index contributed by atoms with van der Waals surface area (Å²) in [5.41, 5.74) is 8.60. The molecule has 0 bridgehead atoms. The average molecular weight is 233 g/mol. The molecule has 90 valence electrons. The van der Waals surface area contributed by atoms with E-state index in [-0.39, 0.29) is 5.82 Å². The maximum Gasteiger partial charge on any atom is 0.125 e. The predicted molar refractivity (Wildman–Crippen MR) is 67.0 cm³/mol. The molecular weight excluding hydrogens is 217 g/mol. The second-order valence-electron chi connectivity index (χ2n) is 4.02. The molecule has 0 aliphatic rings. The number of halogens is 1. The SMILES string of the molecule is Cn1cc(CNc2cccc(F)c2)cc1CN. The lowest BCUT2D eigenvalue weighted by Crippen LogP contribution is -2.01. The van der Waals surface area contributed by atoms with Crippen LogP contribution in [0.5, 0.6) is 0 Å². The highest BCUT2D eigenvalue weighted by molar-refractivity contribution is 5.43. The molecule has 0 amide bonds. The van der Waals surface area contributed by atoms with E-state index >= 15 is 0 Å². The van der Waals surface area contributed by atoms with Crippen molar-refractivity contribution < 1.29 is 4.39 Å². The number of nitrogens with two attached hydrogens (primary N) is 1. The normalized spacial score (nSPS) is 10.5. The highest BCUT2D eigenvalue weighted by Crippen LogP contribution is 2.12. The lowest BCUT2D eigenvalue weighted by atomic mass is 10.2. The van der Waals surface area contributed by atoms with Gasteiger partial charge in [0.05, 0.1) is 0 Å². The van der Waals surface area contributed by atoms with Crippen LogP contribution in [0.4, 0.5) is 10.1 Å². The maximum atomic E-state index is 13.0. The van der Waals surface area contributed by atoms with E-state index < -0.39 is 0 Å². The lowest BCUT2D eigenvalue weighted by molar-refractivity contribution is 0.628. The van der Waals surface area contributed by atoms with Crippen LogP contribution in [0.25, 0.3) is 0 Å². The van der Waals surface area contributed by atoms with Gasteiger partial charge in [-0.1, -0.05) is 6.07 Å². The maximum absolute atomic E-state index is 13.0. The molecule has 0 unspecified atom stereocenters. The first-order valence-corrected chi connectivity index (χ1v) is 5.52. The van der Waals surface area contributed by atoms with E-state index in [4.69, 9.17) is 5.73 Å². The molecule has 3 N–H and O–H groups in total. The van der Waals surface area contributed by atoms with Gasteiger partial charge in [0.2, 0.25) is 0 Å². The summed E-state index contributed by atoms with van der Waals surface area (Å²) >= 11 is 0. The van der Waals surface area contributed by atoms with E-state index in [0.717, 1.165) is 16.9 Å². The summed E-state index contributed by atoms with van der Waals surface area (Å²) < 4.78 is 15.0. The minimum Gasteiger partial charge on any atom is -0.381 e. The number of nitrogens with one attached hydrogen (secondary N) is 1. The van der Waals surface area contributed by atoms with Crippen molar-refractivity contribution >= 4 is 5.69 Å². The Bertz CT molecular complexity index is 505. The Morgan fingerprint density at radius 2 is 2.18 bits per heavy atom. The summed E-state index contributed by atoms with van der Waals surface area (Å²) in [6.45, 7) is 1.19. The first-order valence-electron chi connectivity index (χ1n) is 5.52. The molecule has 17 heavy (non-hydrogen) atoms. The van der Waals surface area contributed by atoms with Crippen LogP contribution in [-0.2, 0) is 20.1 Å². The van der Waals surface area contributed by atoms with Crippen LogP contribution < -0.4 is 11.1 Å². The number of anilines is 1. The highest BCUT2D eigenvalue weighted by atomic mass is 19.1. The van der Waals surface area contributed by atoms with Crippen LogP contribution in [0.2, 0.25) is 0 Å². The van der Waals surface area contributed by atoms with E-state index in [0.29, 0.717) is 13.1 Å². The second kappa shape index (κ2) is 5.01. The molecule has 0 aliphatic heterocycles. The number of benzene rings is 1. The van der Waals surface area contributed by atoms with Crippen molar-refractivity contribution in [3.8, 4) is 0 Å². The Morgan fingerprint density at radius 1 is 1.35 bits per heavy atom. The zero-order chi connectivity index (χ0) is 12.3. The molecule has 1 aromatic heterocycles. The number of aromatic nitrogens is 1. The Balaban J connectivity index is 2.02. The summed E-state index contributed by atoms with van der Waals surface area (Å²) in [4.78, 5) is 0. The average Bonchev–Trinajstić information content (AvgIpc) is 2.67. The fraction of sp³-hybridized carbons (Fsp3) is 0.231. The summed E-state index contributed by atoms with van der Waals surface area (Å²) in [5.74, 6) is -0.231. The van der Waals surface area contributed by atoms with Crippen molar-refractivity contribution in [2.24, 2.45) is 12.8 Å². The zero-order valence-corrected chi connectivity index (χ0v) is 9.78. The van der Waals surface area contributed by atoms with Crippen LogP contribution in [-0.4, -0.2) is 4.57 Å². The van der Waals surface area contributed by atoms with Gasteiger partial charge in [0.1, 0.15) is 5.82 Å². The summed E-state index contributed by atoms with van der Waals surface area (Å²) in [5, 5.41) is 3.17. The third kappa shape index (κ3) is 2.85. The molecule has 0 saturated carbocycles.